The van der Waals surface area contributed by atoms with Crippen LogP contribution in [-0.2, 0) is 0 Å². The first kappa shape index (κ1) is 9.47. The number of hydrogen-bond donors (Lipinski definition) is 1. The second-order valence-corrected chi connectivity index (χ2v) is 5.61. The van der Waals surface area contributed by atoms with E-state index in [1.807, 2.05) is 0 Å². The Hall–Kier alpha value is -0.0800. The van der Waals surface area contributed by atoms with Crippen molar-refractivity contribution in [1.29, 1.82) is 0 Å². The maximum atomic E-state index is 3.46. The fourth-order valence-electron chi connectivity index (χ4n) is 2.53. The molecule has 1 aliphatic carbocycles. The van der Waals surface area contributed by atoms with Crippen LogP contribution in [-0.4, -0.2) is 37.1 Å². The minimum Gasteiger partial charge on any atom is -0.313 e. The predicted octanol–water partition coefficient (Wildman–Crippen LogP) is 1.47. The van der Waals surface area contributed by atoms with Gasteiger partial charge < -0.3 is 10.2 Å². The van der Waals surface area contributed by atoms with E-state index in [0.29, 0.717) is 5.41 Å². The molecule has 1 atom stereocenters. The lowest BCUT2D eigenvalue weighted by Crippen LogP contribution is -2.54. The summed E-state index contributed by atoms with van der Waals surface area (Å²) in [7, 11) is 2.28. The second-order valence-electron chi connectivity index (χ2n) is 5.61. The third-order valence-electron chi connectivity index (χ3n) is 3.63. The fraction of sp³-hybridized carbons (Fsp3) is 1.00. The molecule has 13 heavy (non-hydrogen) atoms. The van der Waals surface area contributed by atoms with E-state index < -0.39 is 0 Å². The standard InChI is InChI=1S/C11H22N2/c1-11(2)6-10(7-11)13(3)8-9-4-5-12-9/h9-10,12H,4-8H2,1-3H3. The first-order valence-electron chi connectivity index (χ1n) is 5.50. The van der Waals surface area contributed by atoms with Gasteiger partial charge in [0, 0.05) is 18.6 Å². The lowest BCUT2D eigenvalue weighted by molar-refractivity contribution is 0.0320. The summed E-state index contributed by atoms with van der Waals surface area (Å²) in [6.45, 7) is 7.23. The summed E-state index contributed by atoms with van der Waals surface area (Å²) in [5.41, 5.74) is 0.617. The Morgan fingerprint density at radius 1 is 1.38 bits per heavy atom. The fourth-order valence-corrected chi connectivity index (χ4v) is 2.53. The minimum absolute atomic E-state index is 0.617. The molecule has 0 aromatic rings. The van der Waals surface area contributed by atoms with Crippen molar-refractivity contribution in [2.24, 2.45) is 5.41 Å². The van der Waals surface area contributed by atoms with Crippen LogP contribution in [0.15, 0.2) is 0 Å². The van der Waals surface area contributed by atoms with E-state index in [0.717, 1.165) is 12.1 Å². The van der Waals surface area contributed by atoms with Crippen molar-refractivity contribution >= 4 is 0 Å². The summed E-state index contributed by atoms with van der Waals surface area (Å²) < 4.78 is 0. The Bertz CT molecular complexity index is 177. The van der Waals surface area contributed by atoms with Gasteiger partial charge in [-0.3, -0.25) is 0 Å². The number of hydrogen-bond acceptors (Lipinski definition) is 2. The SMILES string of the molecule is CN(CC1CCN1)C1CC(C)(C)C1. The molecular formula is C11H22N2. The molecule has 2 fully saturated rings. The number of nitrogens with zero attached hydrogens (tertiary/aromatic N) is 1. The predicted molar refractivity (Wildman–Crippen MR) is 55.8 cm³/mol. The van der Waals surface area contributed by atoms with Crippen LogP contribution in [0.3, 0.4) is 0 Å². The van der Waals surface area contributed by atoms with Gasteiger partial charge in [0.25, 0.3) is 0 Å². The Morgan fingerprint density at radius 3 is 2.38 bits per heavy atom. The normalized spacial score (nSPS) is 32.8. The van der Waals surface area contributed by atoms with Crippen molar-refractivity contribution in [1.82, 2.24) is 10.2 Å². The van der Waals surface area contributed by atoms with Crippen LogP contribution in [0.1, 0.15) is 33.1 Å². The van der Waals surface area contributed by atoms with E-state index in [2.05, 4.69) is 31.1 Å². The van der Waals surface area contributed by atoms with Gasteiger partial charge >= 0.3 is 0 Å². The zero-order valence-electron chi connectivity index (χ0n) is 9.14. The maximum absolute atomic E-state index is 3.46. The van der Waals surface area contributed by atoms with Crippen LogP contribution in [0.2, 0.25) is 0 Å². The second kappa shape index (κ2) is 3.25. The highest BCUT2D eigenvalue weighted by Gasteiger charge is 2.38. The molecule has 2 aliphatic rings. The van der Waals surface area contributed by atoms with Gasteiger partial charge in [-0.1, -0.05) is 13.8 Å². The lowest BCUT2D eigenvalue weighted by Gasteiger charge is -2.48. The van der Waals surface area contributed by atoms with Crippen LogP contribution in [0, 0.1) is 5.41 Å². The Kier molecular flexibility index (Phi) is 2.37. The van der Waals surface area contributed by atoms with Gasteiger partial charge in [0.15, 0.2) is 0 Å². The van der Waals surface area contributed by atoms with Crippen molar-refractivity contribution in [3.8, 4) is 0 Å². The molecule has 1 heterocycles. The van der Waals surface area contributed by atoms with Crippen molar-refractivity contribution in [2.75, 3.05) is 20.1 Å². The first-order chi connectivity index (χ1) is 6.07. The molecule has 0 spiro atoms. The molecule has 76 valence electrons. The molecular weight excluding hydrogens is 160 g/mol. The smallest absolute Gasteiger partial charge is 0.0207 e. The molecule has 2 nitrogen and oxygen atoms in total. The van der Waals surface area contributed by atoms with Gasteiger partial charge in [-0.15, -0.1) is 0 Å². The maximum Gasteiger partial charge on any atom is 0.0207 e. The summed E-state index contributed by atoms with van der Waals surface area (Å²) in [6.07, 6.45) is 4.15. The number of rotatable bonds is 3. The van der Waals surface area contributed by atoms with E-state index in [9.17, 15) is 0 Å². The van der Waals surface area contributed by atoms with Gasteiger partial charge in [0.05, 0.1) is 0 Å². The molecule has 0 amide bonds. The zero-order valence-corrected chi connectivity index (χ0v) is 9.14. The highest BCUT2D eigenvalue weighted by atomic mass is 15.2. The van der Waals surface area contributed by atoms with Crippen LogP contribution in [0.4, 0.5) is 0 Å². The van der Waals surface area contributed by atoms with Gasteiger partial charge in [0.1, 0.15) is 0 Å². The van der Waals surface area contributed by atoms with Crippen molar-refractivity contribution < 1.29 is 0 Å². The molecule has 0 aromatic heterocycles. The molecule has 1 saturated heterocycles. The minimum atomic E-state index is 0.617. The molecule has 1 unspecified atom stereocenters. The van der Waals surface area contributed by atoms with Crippen LogP contribution >= 0.6 is 0 Å². The van der Waals surface area contributed by atoms with E-state index in [1.54, 1.807) is 0 Å². The van der Waals surface area contributed by atoms with Crippen LogP contribution in [0.5, 0.6) is 0 Å². The van der Waals surface area contributed by atoms with E-state index in [4.69, 9.17) is 0 Å². The molecule has 1 N–H and O–H groups in total. The Balaban J connectivity index is 1.69. The van der Waals surface area contributed by atoms with Crippen molar-refractivity contribution in [3.63, 3.8) is 0 Å². The molecule has 0 bridgehead atoms. The lowest BCUT2D eigenvalue weighted by atomic mass is 9.68. The third kappa shape index (κ3) is 2.05. The highest BCUT2D eigenvalue weighted by molar-refractivity contribution is 4.93. The van der Waals surface area contributed by atoms with Gasteiger partial charge in [-0.25, -0.2) is 0 Å². The highest BCUT2D eigenvalue weighted by Crippen LogP contribution is 2.42. The molecule has 0 aromatic carbocycles. The van der Waals surface area contributed by atoms with E-state index in [-0.39, 0.29) is 0 Å². The Labute approximate surface area is 81.7 Å². The van der Waals surface area contributed by atoms with E-state index in [1.165, 1.54) is 32.4 Å². The largest absolute Gasteiger partial charge is 0.313 e. The summed E-state index contributed by atoms with van der Waals surface area (Å²) >= 11 is 0. The quantitative estimate of drug-likeness (QED) is 0.711. The first-order valence-corrected chi connectivity index (χ1v) is 5.50. The summed E-state index contributed by atoms with van der Waals surface area (Å²) in [4.78, 5) is 2.54. The summed E-state index contributed by atoms with van der Waals surface area (Å²) in [5.74, 6) is 0. The van der Waals surface area contributed by atoms with Gasteiger partial charge in [0.2, 0.25) is 0 Å². The number of likely N-dealkylation sites (N-methyl/N-ethyl adjacent to an activating group) is 1. The third-order valence-corrected chi connectivity index (χ3v) is 3.63. The van der Waals surface area contributed by atoms with Gasteiger partial charge in [-0.2, -0.15) is 0 Å². The zero-order chi connectivity index (χ0) is 9.47. The average Bonchev–Trinajstić information content (AvgIpc) is 1.91. The topological polar surface area (TPSA) is 15.3 Å². The monoisotopic (exact) mass is 182 g/mol. The molecule has 2 heteroatoms. The van der Waals surface area contributed by atoms with Crippen molar-refractivity contribution in [2.45, 2.75) is 45.2 Å². The molecule has 2 rings (SSSR count). The molecule has 1 saturated carbocycles. The average molecular weight is 182 g/mol. The molecule has 0 radical (unpaired) electrons. The summed E-state index contributed by atoms with van der Waals surface area (Å²) in [5, 5.41) is 3.46. The number of nitrogens with one attached hydrogen (secondary N) is 1. The Morgan fingerprint density at radius 2 is 2.00 bits per heavy atom. The van der Waals surface area contributed by atoms with Gasteiger partial charge in [-0.05, 0) is 38.3 Å². The molecule has 1 aliphatic heterocycles. The summed E-state index contributed by atoms with van der Waals surface area (Å²) in [6, 6.07) is 1.64. The van der Waals surface area contributed by atoms with E-state index >= 15 is 0 Å². The van der Waals surface area contributed by atoms with Crippen LogP contribution in [0.25, 0.3) is 0 Å². The van der Waals surface area contributed by atoms with Crippen LogP contribution < -0.4 is 5.32 Å². The van der Waals surface area contributed by atoms with Crippen molar-refractivity contribution in [3.05, 3.63) is 0 Å².